The molecular weight excluding hydrogens is 496 g/mol. The van der Waals surface area contributed by atoms with Crippen molar-refractivity contribution in [2.45, 2.75) is 56.4 Å². The van der Waals surface area contributed by atoms with E-state index in [-0.39, 0.29) is 49.9 Å². The van der Waals surface area contributed by atoms with E-state index in [0.717, 1.165) is 16.7 Å². The lowest BCUT2D eigenvalue weighted by Gasteiger charge is -2.41. The van der Waals surface area contributed by atoms with Crippen LogP contribution in [0, 0.1) is 5.92 Å². The molecule has 196 valence electrons. The van der Waals surface area contributed by atoms with Gasteiger partial charge in [0.1, 0.15) is 6.33 Å². The molecule has 2 heterocycles. The van der Waals surface area contributed by atoms with Gasteiger partial charge < -0.3 is 25.0 Å². The number of carbonyl (C=O) groups is 2. The third-order valence-corrected chi connectivity index (χ3v) is 7.10. The third kappa shape index (κ3) is 7.39. The highest BCUT2D eigenvalue weighted by atomic mass is 32.2. The molecule has 3 aromatic rings. The van der Waals surface area contributed by atoms with Crippen LogP contribution in [0.1, 0.15) is 55.3 Å². The number of carboxylic acid groups (broad SMARTS) is 1. The molecule has 1 aromatic heterocycles. The van der Waals surface area contributed by atoms with Gasteiger partial charge in [0, 0.05) is 35.8 Å². The Balaban J connectivity index is 1.51. The van der Waals surface area contributed by atoms with Crippen LogP contribution in [0.2, 0.25) is 0 Å². The number of aliphatic carboxylic acids is 1. The molecule has 0 radical (unpaired) electrons. The predicted molar refractivity (Wildman–Crippen MR) is 137 cm³/mol. The molecule has 37 heavy (non-hydrogen) atoms. The maximum absolute atomic E-state index is 12.3. The molecule has 1 amide bonds. The van der Waals surface area contributed by atoms with Crippen LogP contribution < -0.4 is 5.32 Å². The minimum absolute atomic E-state index is 0.0174. The summed E-state index contributed by atoms with van der Waals surface area (Å²) in [5.74, 6) is -0.529. The zero-order valence-corrected chi connectivity index (χ0v) is 21.2. The summed E-state index contributed by atoms with van der Waals surface area (Å²) < 4.78 is 12.9. The number of thioether (sulfide) groups is 1. The van der Waals surface area contributed by atoms with Crippen molar-refractivity contribution in [2.75, 3.05) is 11.1 Å². The summed E-state index contributed by atoms with van der Waals surface area (Å²) in [5, 5.41) is 28.5. The van der Waals surface area contributed by atoms with Crippen LogP contribution >= 0.6 is 11.8 Å². The number of hydrogen-bond acceptors (Lipinski definition) is 8. The van der Waals surface area contributed by atoms with Crippen LogP contribution in [-0.2, 0) is 25.7 Å². The number of anilines is 1. The van der Waals surface area contributed by atoms with E-state index in [1.54, 1.807) is 6.07 Å². The highest BCUT2D eigenvalue weighted by Gasteiger charge is 2.38. The Morgan fingerprint density at radius 3 is 2.62 bits per heavy atom. The summed E-state index contributed by atoms with van der Waals surface area (Å²) in [6.45, 7) is 2.05. The number of H-pyrrole nitrogens is 1. The number of aromatic amines is 1. The van der Waals surface area contributed by atoms with Gasteiger partial charge in [0.25, 0.3) is 0 Å². The Labute approximate surface area is 218 Å². The van der Waals surface area contributed by atoms with E-state index >= 15 is 0 Å². The van der Waals surface area contributed by atoms with E-state index in [2.05, 4.69) is 27.4 Å². The van der Waals surface area contributed by atoms with Gasteiger partial charge in [-0.05, 0) is 29.7 Å². The van der Waals surface area contributed by atoms with Gasteiger partial charge in [-0.3, -0.25) is 14.7 Å². The standard InChI is InChI=1S/C26H30N4O6S/c1-16-21(14-37-26-27-15-28-30-26)35-25(36-24(16)18-10-8-17(13-31)9-11-18)19-4-2-5-20(12-19)29-22(32)6-3-7-23(33)34/h2,4-5,8-12,15-16,21,24-25,31H,3,6-7,13-14H2,1H3,(H,29,32)(H,33,34)(H,27,28,30)/t16-,21+,24+,25+/m0/s1. The molecule has 1 aliphatic heterocycles. The molecule has 1 fully saturated rings. The molecule has 4 atom stereocenters. The minimum Gasteiger partial charge on any atom is -0.481 e. The predicted octanol–water partition coefficient (Wildman–Crippen LogP) is 4.07. The molecule has 0 unspecified atom stereocenters. The van der Waals surface area contributed by atoms with Crippen molar-refractivity contribution in [3.63, 3.8) is 0 Å². The number of aliphatic hydroxyl groups is 1. The molecule has 0 spiro atoms. The first kappa shape index (κ1) is 26.8. The van der Waals surface area contributed by atoms with Crippen LogP contribution in [0.4, 0.5) is 5.69 Å². The third-order valence-electron chi connectivity index (χ3n) is 6.14. The van der Waals surface area contributed by atoms with Crippen LogP contribution in [0.15, 0.2) is 60.0 Å². The fourth-order valence-electron chi connectivity index (χ4n) is 4.12. The number of aliphatic hydroxyl groups excluding tert-OH is 1. The molecule has 0 saturated carbocycles. The van der Waals surface area contributed by atoms with Gasteiger partial charge in [-0.1, -0.05) is 55.1 Å². The number of aromatic nitrogens is 3. The zero-order valence-electron chi connectivity index (χ0n) is 20.4. The quantitative estimate of drug-likeness (QED) is 0.271. The summed E-state index contributed by atoms with van der Waals surface area (Å²) in [6.07, 6.45) is 0.692. The monoisotopic (exact) mass is 526 g/mol. The number of hydrogen-bond donors (Lipinski definition) is 4. The molecule has 4 rings (SSSR count). The summed E-state index contributed by atoms with van der Waals surface area (Å²) in [7, 11) is 0. The lowest BCUT2D eigenvalue weighted by Crippen LogP contribution is -2.38. The smallest absolute Gasteiger partial charge is 0.303 e. The number of carboxylic acids is 1. The van der Waals surface area contributed by atoms with E-state index in [4.69, 9.17) is 14.6 Å². The number of rotatable bonds is 11. The second-order valence-corrected chi connectivity index (χ2v) is 9.85. The second-order valence-electron chi connectivity index (χ2n) is 8.84. The number of carbonyl (C=O) groups excluding carboxylic acids is 1. The van der Waals surface area contributed by atoms with Crippen molar-refractivity contribution >= 4 is 29.3 Å². The van der Waals surface area contributed by atoms with Gasteiger partial charge in [-0.15, -0.1) is 0 Å². The van der Waals surface area contributed by atoms with Crippen molar-refractivity contribution in [2.24, 2.45) is 5.92 Å². The average molecular weight is 527 g/mol. The van der Waals surface area contributed by atoms with E-state index in [1.807, 2.05) is 42.5 Å². The van der Waals surface area contributed by atoms with Crippen molar-refractivity contribution in [1.82, 2.24) is 15.2 Å². The van der Waals surface area contributed by atoms with E-state index in [0.29, 0.717) is 16.6 Å². The highest BCUT2D eigenvalue weighted by Crippen LogP contribution is 2.43. The van der Waals surface area contributed by atoms with Gasteiger partial charge in [0.2, 0.25) is 5.91 Å². The Morgan fingerprint density at radius 1 is 1.11 bits per heavy atom. The lowest BCUT2D eigenvalue weighted by molar-refractivity contribution is -0.268. The van der Waals surface area contributed by atoms with Crippen LogP contribution in [-0.4, -0.2) is 49.1 Å². The largest absolute Gasteiger partial charge is 0.481 e. The minimum atomic E-state index is -0.924. The molecular formula is C26H30N4O6S. The molecule has 10 nitrogen and oxygen atoms in total. The first-order chi connectivity index (χ1) is 17.9. The van der Waals surface area contributed by atoms with E-state index in [9.17, 15) is 14.7 Å². The SMILES string of the molecule is C[C@H]1[C@@H](CSc2ncn[nH]2)O[C@@H](c2cccc(NC(=O)CCCC(=O)O)c2)O[C@H]1c1ccc(CO)cc1. The number of nitrogens with one attached hydrogen (secondary N) is 2. The molecule has 0 aliphatic carbocycles. The first-order valence-electron chi connectivity index (χ1n) is 12.0. The molecule has 2 aromatic carbocycles. The van der Waals surface area contributed by atoms with Crippen molar-refractivity contribution < 1.29 is 29.3 Å². The lowest BCUT2D eigenvalue weighted by atomic mass is 9.91. The second kappa shape index (κ2) is 12.8. The van der Waals surface area contributed by atoms with Gasteiger partial charge in [-0.2, -0.15) is 5.10 Å². The first-order valence-corrected chi connectivity index (χ1v) is 13.0. The van der Waals surface area contributed by atoms with E-state index < -0.39 is 12.3 Å². The van der Waals surface area contributed by atoms with Crippen LogP contribution in [0.3, 0.4) is 0 Å². The summed E-state index contributed by atoms with van der Waals surface area (Å²) in [6, 6.07) is 15.0. The summed E-state index contributed by atoms with van der Waals surface area (Å²) in [4.78, 5) is 27.1. The fourth-order valence-corrected chi connectivity index (χ4v) is 5.06. The van der Waals surface area contributed by atoms with Gasteiger partial charge >= 0.3 is 5.97 Å². The molecule has 11 heteroatoms. The molecule has 1 aliphatic rings. The Bertz CT molecular complexity index is 1170. The maximum Gasteiger partial charge on any atom is 0.303 e. The van der Waals surface area contributed by atoms with E-state index in [1.165, 1.54) is 18.1 Å². The van der Waals surface area contributed by atoms with Gasteiger partial charge in [-0.25, -0.2) is 4.98 Å². The summed E-state index contributed by atoms with van der Waals surface area (Å²) in [5.41, 5.74) is 3.14. The van der Waals surface area contributed by atoms with Crippen molar-refractivity contribution in [3.05, 3.63) is 71.5 Å². The van der Waals surface area contributed by atoms with Crippen LogP contribution in [0.5, 0.6) is 0 Å². The number of nitrogens with zero attached hydrogens (tertiary/aromatic N) is 2. The number of benzene rings is 2. The van der Waals surface area contributed by atoms with Crippen molar-refractivity contribution in [1.29, 1.82) is 0 Å². The van der Waals surface area contributed by atoms with Crippen molar-refractivity contribution in [3.8, 4) is 0 Å². The Kier molecular flexibility index (Phi) is 9.29. The number of ether oxygens (including phenoxy) is 2. The summed E-state index contributed by atoms with van der Waals surface area (Å²) >= 11 is 1.52. The van der Waals surface area contributed by atoms with Crippen LogP contribution in [0.25, 0.3) is 0 Å². The Morgan fingerprint density at radius 2 is 1.92 bits per heavy atom. The highest BCUT2D eigenvalue weighted by molar-refractivity contribution is 7.99. The van der Waals surface area contributed by atoms with Gasteiger partial charge in [0.05, 0.1) is 18.8 Å². The normalized spacial score (nSPS) is 21.5. The fraction of sp³-hybridized carbons (Fsp3) is 0.385. The molecule has 1 saturated heterocycles. The molecule has 0 bridgehead atoms. The maximum atomic E-state index is 12.3. The zero-order chi connectivity index (χ0) is 26.2. The average Bonchev–Trinajstić information content (AvgIpc) is 3.42. The molecule has 4 N–H and O–H groups in total. The van der Waals surface area contributed by atoms with Gasteiger partial charge in [0.15, 0.2) is 11.4 Å². The number of amides is 1. The Hall–Kier alpha value is -3.25. The topological polar surface area (TPSA) is 147 Å².